The summed E-state index contributed by atoms with van der Waals surface area (Å²) in [5, 5.41) is 5.97. The number of hydrogen-bond acceptors (Lipinski definition) is 4. The fraction of sp³-hybridized carbons (Fsp3) is 0.308. The Labute approximate surface area is 193 Å². The average Bonchev–Trinajstić information content (AvgIpc) is 3.51. The topological polar surface area (TPSA) is 61.4 Å². The van der Waals surface area contributed by atoms with E-state index < -0.39 is 0 Å². The van der Waals surface area contributed by atoms with Crippen molar-refractivity contribution in [1.29, 1.82) is 0 Å². The van der Waals surface area contributed by atoms with Crippen molar-refractivity contribution in [2.45, 2.75) is 38.8 Å². The molecule has 6 heteroatoms. The standard InChI is InChI=1S/C26H29N3O2S/c1-19-11-14-22(32-19)17-29(16-15-20-7-3-2-4-8-20)18-25(30)28-24-10-6-5-9-23(24)26(31)27-21-12-13-21/h2-11,14,21H,12-13,15-18H2,1H3,(H,27,31)(H,28,30). The van der Waals surface area contributed by atoms with Crippen LogP contribution in [-0.4, -0.2) is 35.8 Å². The molecule has 4 rings (SSSR count). The molecule has 166 valence electrons. The van der Waals surface area contributed by atoms with Crippen molar-refractivity contribution < 1.29 is 9.59 Å². The number of carbonyl (C=O) groups is 2. The molecule has 5 nitrogen and oxygen atoms in total. The van der Waals surface area contributed by atoms with Crippen LogP contribution in [0.2, 0.25) is 0 Å². The zero-order valence-electron chi connectivity index (χ0n) is 18.3. The molecule has 2 amide bonds. The molecule has 1 aromatic heterocycles. The molecular formula is C26H29N3O2S. The van der Waals surface area contributed by atoms with Crippen LogP contribution in [0.25, 0.3) is 0 Å². The summed E-state index contributed by atoms with van der Waals surface area (Å²) in [7, 11) is 0. The minimum Gasteiger partial charge on any atom is -0.349 e. The van der Waals surface area contributed by atoms with Gasteiger partial charge < -0.3 is 10.6 Å². The summed E-state index contributed by atoms with van der Waals surface area (Å²) in [5.41, 5.74) is 2.32. The third kappa shape index (κ3) is 6.52. The summed E-state index contributed by atoms with van der Waals surface area (Å²) in [6.07, 6.45) is 2.93. The van der Waals surface area contributed by atoms with E-state index in [-0.39, 0.29) is 24.4 Å². The van der Waals surface area contributed by atoms with Crippen LogP contribution in [-0.2, 0) is 17.8 Å². The first-order valence-electron chi connectivity index (χ1n) is 11.1. The van der Waals surface area contributed by atoms with Gasteiger partial charge in [-0.1, -0.05) is 42.5 Å². The van der Waals surface area contributed by atoms with E-state index in [1.807, 2.05) is 30.3 Å². The van der Waals surface area contributed by atoms with E-state index in [9.17, 15) is 9.59 Å². The monoisotopic (exact) mass is 447 g/mol. The number of carbonyl (C=O) groups excluding carboxylic acids is 2. The molecule has 1 heterocycles. The van der Waals surface area contributed by atoms with Crippen molar-refractivity contribution in [2.24, 2.45) is 0 Å². The Bertz CT molecular complexity index is 1060. The number of nitrogens with one attached hydrogen (secondary N) is 2. The molecule has 0 saturated heterocycles. The maximum absolute atomic E-state index is 13.0. The number of para-hydroxylation sites is 1. The Morgan fingerprint density at radius 1 is 1.00 bits per heavy atom. The number of rotatable bonds is 10. The molecule has 0 aliphatic heterocycles. The molecule has 1 aliphatic rings. The van der Waals surface area contributed by atoms with Gasteiger partial charge in [-0.15, -0.1) is 11.3 Å². The van der Waals surface area contributed by atoms with E-state index in [2.05, 4.69) is 46.7 Å². The number of nitrogens with zero attached hydrogens (tertiary/aromatic N) is 1. The lowest BCUT2D eigenvalue weighted by atomic mass is 10.1. The Morgan fingerprint density at radius 3 is 2.47 bits per heavy atom. The van der Waals surface area contributed by atoms with Crippen molar-refractivity contribution in [3.63, 3.8) is 0 Å². The Morgan fingerprint density at radius 2 is 1.75 bits per heavy atom. The second-order valence-corrected chi connectivity index (χ2v) is 9.67. The fourth-order valence-corrected chi connectivity index (χ4v) is 4.54. The number of amides is 2. The zero-order valence-corrected chi connectivity index (χ0v) is 19.2. The summed E-state index contributed by atoms with van der Waals surface area (Å²) >= 11 is 1.76. The third-order valence-electron chi connectivity index (χ3n) is 5.46. The first-order chi connectivity index (χ1) is 15.6. The maximum atomic E-state index is 13.0. The summed E-state index contributed by atoms with van der Waals surface area (Å²) in [4.78, 5) is 30.2. The highest BCUT2D eigenvalue weighted by atomic mass is 32.1. The van der Waals surface area contributed by atoms with Gasteiger partial charge in [0.2, 0.25) is 5.91 Å². The predicted molar refractivity (Wildman–Crippen MR) is 130 cm³/mol. The van der Waals surface area contributed by atoms with Crippen LogP contribution in [0.3, 0.4) is 0 Å². The van der Waals surface area contributed by atoms with Crippen LogP contribution in [0.15, 0.2) is 66.7 Å². The molecule has 1 fully saturated rings. The van der Waals surface area contributed by atoms with Gasteiger partial charge in [0.05, 0.1) is 17.8 Å². The minimum absolute atomic E-state index is 0.113. The van der Waals surface area contributed by atoms with Crippen LogP contribution in [0, 0.1) is 6.92 Å². The summed E-state index contributed by atoms with van der Waals surface area (Å²) in [5.74, 6) is -0.239. The average molecular weight is 448 g/mol. The molecule has 2 aromatic carbocycles. The SMILES string of the molecule is Cc1ccc(CN(CCc2ccccc2)CC(=O)Nc2ccccc2C(=O)NC2CC2)s1. The highest BCUT2D eigenvalue weighted by molar-refractivity contribution is 7.11. The Kier molecular flexibility index (Phi) is 7.35. The molecule has 0 unspecified atom stereocenters. The third-order valence-corrected chi connectivity index (χ3v) is 6.45. The van der Waals surface area contributed by atoms with Crippen LogP contribution >= 0.6 is 11.3 Å². The number of anilines is 1. The second-order valence-electron chi connectivity index (χ2n) is 8.30. The lowest BCUT2D eigenvalue weighted by Crippen LogP contribution is -2.35. The summed E-state index contributed by atoms with van der Waals surface area (Å²) in [6.45, 7) is 3.86. The molecule has 1 aliphatic carbocycles. The number of aryl methyl sites for hydroxylation is 1. The smallest absolute Gasteiger partial charge is 0.253 e. The first-order valence-corrected chi connectivity index (χ1v) is 11.9. The van der Waals surface area contributed by atoms with Crippen molar-refractivity contribution in [2.75, 3.05) is 18.4 Å². The van der Waals surface area contributed by atoms with Crippen molar-refractivity contribution in [3.8, 4) is 0 Å². The van der Waals surface area contributed by atoms with Gasteiger partial charge in [-0.25, -0.2) is 0 Å². The Balaban J connectivity index is 1.41. The second kappa shape index (κ2) is 10.6. The van der Waals surface area contributed by atoms with Gasteiger partial charge in [0.25, 0.3) is 5.91 Å². The van der Waals surface area contributed by atoms with Crippen molar-refractivity contribution in [1.82, 2.24) is 10.2 Å². The molecule has 32 heavy (non-hydrogen) atoms. The highest BCUT2D eigenvalue weighted by Gasteiger charge is 2.25. The molecular weight excluding hydrogens is 418 g/mol. The van der Waals surface area contributed by atoms with Gasteiger partial charge in [-0.3, -0.25) is 14.5 Å². The zero-order chi connectivity index (χ0) is 22.3. The lowest BCUT2D eigenvalue weighted by Gasteiger charge is -2.22. The molecule has 3 aromatic rings. The Hall–Kier alpha value is -2.96. The molecule has 0 atom stereocenters. The van der Waals surface area contributed by atoms with E-state index in [0.717, 1.165) is 32.4 Å². The van der Waals surface area contributed by atoms with Crippen LogP contribution < -0.4 is 10.6 Å². The van der Waals surface area contributed by atoms with E-state index in [1.165, 1.54) is 15.3 Å². The van der Waals surface area contributed by atoms with Crippen LogP contribution in [0.1, 0.15) is 38.5 Å². The van der Waals surface area contributed by atoms with Crippen LogP contribution in [0.4, 0.5) is 5.69 Å². The van der Waals surface area contributed by atoms with Gasteiger partial charge in [0.1, 0.15) is 0 Å². The highest BCUT2D eigenvalue weighted by Crippen LogP contribution is 2.22. The van der Waals surface area contributed by atoms with Gasteiger partial charge in [-0.2, -0.15) is 0 Å². The molecule has 1 saturated carbocycles. The van der Waals surface area contributed by atoms with E-state index in [1.54, 1.807) is 23.5 Å². The quantitative estimate of drug-likeness (QED) is 0.476. The maximum Gasteiger partial charge on any atom is 0.253 e. The summed E-state index contributed by atoms with van der Waals surface area (Å²) in [6, 6.07) is 22.0. The molecule has 0 spiro atoms. The fourth-order valence-electron chi connectivity index (χ4n) is 3.61. The van der Waals surface area contributed by atoms with E-state index in [4.69, 9.17) is 0 Å². The van der Waals surface area contributed by atoms with Crippen molar-refractivity contribution >= 4 is 28.8 Å². The lowest BCUT2D eigenvalue weighted by molar-refractivity contribution is -0.117. The number of benzene rings is 2. The van der Waals surface area contributed by atoms with E-state index >= 15 is 0 Å². The minimum atomic E-state index is -0.126. The summed E-state index contributed by atoms with van der Waals surface area (Å²) < 4.78 is 0. The normalized spacial score (nSPS) is 13.2. The molecule has 0 bridgehead atoms. The first kappa shape index (κ1) is 22.2. The van der Waals surface area contributed by atoms with Crippen LogP contribution in [0.5, 0.6) is 0 Å². The van der Waals surface area contributed by atoms with E-state index in [0.29, 0.717) is 11.3 Å². The number of hydrogen-bond donors (Lipinski definition) is 2. The number of thiophene rings is 1. The molecule has 0 radical (unpaired) electrons. The molecule has 2 N–H and O–H groups in total. The van der Waals surface area contributed by atoms with Gasteiger partial charge in [0.15, 0.2) is 0 Å². The largest absolute Gasteiger partial charge is 0.349 e. The van der Waals surface area contributed by atoms with Gasteiger partial charge >= 0.3 is 0 Å². The predicted octanol–water partition coefficient (Wildman–Crippen LogP) is 4.63. The van der Waals surface area contributed by atoms with Crippen molar-refractivity contribution in [3.05, 3.63) is 87.6 Å². The van der Waals surface area contributed by atoms with Gasteiger partial charge in [-0.05, 0) is 56.0 Å². The van der Waals surface area contributed by atoms with Gasteiger partial charge in [0, 0.05) is 28.9 Å².